The van der Waals surface area contributed by atoms with Crippen molar-refractivity contribution in [3.63, 3.8) is 0 Å². The highest BCUT2D eigenvalue weighted by molar-refractivity contribution is 6.32. The van der Waals surface area contributed by atoms with Crippen molar-refractivity contribution in [3.05, 3.63) is 52.9 Å². The number of benzene rings is 1. The number of anilines is 1. The minimum absolute atomic E-state index is 0.0450. The molecule has 2 atom stereocenters. The first-order valence-electron chi connectivity index (χ1n) is 9.20. The predicted molar refractivity (Wildman–Crippen MR) is 101 cm³/mol. The number of hydrogen-bond acceptors (Lipinski definition) is 5. The largest absolute Gasteiger partial charge is 0.393 e. The number of aliphatic hydroxyl groups excluding tert-OH is 1. The Balaban J connectivity index is 1.49. The maximum absolute atomic E-state index is 10.5. The van der Waals surface area contributed by atoms with Crippen LogP contribution in [-0.4, -0.2) is 39.9 Å². The SMILES string of the molecule is Cc1ncc(Cl)c(N2CCC3(CC2)C[C@H](O)C[C@H](c2ccccc2)O3)n1. The van der Waals surface area contributed by atoms with E-state index in [-0.39, 0.29) is 17.8 Å². The van der Waals surface area contributed by atoms with Crippen LogP contribution in [-0.2, 0) is 4.74 Å². The molecule has 2 aliphatic rings. The van der Waals surface area contributed by atoms with Gasteiger partial charge >= 0.3 is 0 Å². The van der Waals surface area contributed by atoms with Crippen LogP contribution in [0, 0.1) is 6.92 Å². The van der Waals surface area contributed by atoms with Gasteiger partial charge in [-0.15, -0.1) is 0 Å². The molecule has 138 valence electrons. The van der Waals surface area contributed by atoms with Crippen LogP contribution >= 0.6 is 11.6 Å². The molecule has 1 N–H and O–H groups in total. The normalized spacial score (nSPS) is 25.4. The van der Waals surface area contributed by atoms with Gasteiger partial charge in [0.15, 0.2) is 5.82 Å². The number of aryl methyl sites for hydroxylation is 1. The fourth-order valence-corrected chi connectivity index (χ4v) is 4.35. The van der Waals surface area contributed by atoms with Gasteiger partial charge in [0.25, 0.3) is 0 Å². The zero-order chi connectivity index (χ0) is 18.1. The summed E-state index contributed by atoms with van der Waals surface area (Å²) in [7, 11) is 0. The zero-order valence-corrected chi connectivity index (χ0v) is 15.7. The van der Waals surface area contributed by atoms with Crippen LogP contribution in [0.25, 0.3) is 0 Å². The Hall–Kier alpha value is -1.69. The summed E-state index contributed by atoms with van der Waals surface area (Å²) >= 11 is 6.30. The first kappa shape index (κ1) is 17.7. The van der Waals surface area contributed by atoms with E-state index in [1.807, 2.05) is 25.1 Å². The number of aromatic nitrogens is 2. The van der Waals surface area contributed by atoms with Gasteiger partial charge in [-0.2, -0.15) is 0 Å². The van der Waals surface area contributed by atoms with Crippen molar-refractivity contribution in [2.45, 2.75) is 50.4 Å². The molecule has 3 heterocycles. The van der Waals surface area contributed by atoms with Crippen molar-refractivity contribution < 1.29 is 9.84 Å². The van der Waals surface area contributed by atoms with Gasteiger partial charge in [0, 0.05) is 25.9 Å². The van der Waals surface area contributed by atoms with Crippen LogP contribution in [0.1, 0.15) is 43.2 Å². The van der Waals surface area contributed by atoms with E-state index in [4.69, 9.17) is 16.3 Å². The molecule has 2 fully saturated rings. The molecule has 0 unspecified atom stereocenters. The summed E-state index contributed by atoms with van der Waals surface area (Å²) in [6.45, 7) is 3.49. The third-order valence-electron chi connectivity index (χ3n) is 5.48. The molecule has 0 saturated carbocycles. The Kier molecular flexibility index (Phi) is 4.86. The van der Waals surface area contributed by atoms with Crippen LogP contribution in [0.2, 0.25) is 5.02 Å². The van der Waals surface area contributed by atoms with Gasteiger partial charge in [-0.1, -0.05) is 41.9 Å². The van der Waals surface area contributed by atoms with E-state index < -0.39 is 0 Å². The number of rotatable bonds is 2. The Morgan fingerprint density at radius 1 is 1.23 bits per heavy atom. The second-order valence-corrected chi connectivity index (χ2v) is 7.78. The summed E-state index contributed by atoms with van der Waals surface area (Å²) in [5, 5.41) is 11.1. The molecule has 0 amide bonds. The quantitative estimate of drug-likeness (QED) is 0.869. The van der Waals surface area contributed by atoms with Gasteiger partial charge in [0.1, 0.15) is 10.8 Å². The minimum atomic E-state index is -0.328. The average molecular weight is 374 g/mol. The summed E-state index contributed by atoms with van der Waals surface area (Å²) in [5.41, 5.74) is 0.867. The Labute approximate surface area is 159 Å². The molecule has 0 radical (unpaired) electrons. The molecule has 1 spiro atoms. The van der Waals surface area contributed by atoms with E-state index in [0.29, 0.717) is 17.9 Å². The van der Waals surface area contributed by atoms with Gasteiger partial charge in [-0.3, -0.25) is 0 Å². The van der Waals surface area contributed by atoms with Crippen molar-refractivity contribution in [3.8, 4) is 0 Å². The smallest absolute Gasteiger partial charge is 0.151 e. The van der Waals surface area contributed by atoms with E-state index in [1.54, 1.807) is 6.20 Å². The summed E-state index contributed by atoms with van der Waals surface area (Å²) in [6.07, 6.45) is 4.35. The van der Waals surface area contributed by atoms with E-state index in [1.165, 1.54) is 0 Å². The lowest BCUT2D eigenvalue weighted by Gasteiger charge is -2.48. The molecule has 2 aromatic rings. The van der Waals surface area contributed by atoms with Crippen LogP contribution in [0.5, 0.6) is 0 Å². The van der Waals surface area contributed by atoms with Crippen molar-refractivity contribution in [2.24, 2.45) is 0 Å². The average Bonchev–Trinajstić information content (AvgIpc) is 2.65. The topological polar surface area (TPSA) is 58.5 Å². The molecule has 6 heteroatoms. The summed E-state index contributed by atoms with van der Waals surface area (Å²) < 4.78 is 6.56. The highest BCUT2D eigenvalue weighted by Crippen LogP contribution is 2.43. The molecular formula is C20H24ClN3O2. The number of aliphatic hydroxyl groups is 1. The fraction of sp³-hybridized carbons (Fsp3) is 0.500. The molecule has 26 heavy (non-hydrogen) atoms. The predicted octanol–water partition coefficient (Wildman–Crippen LogP) is 3.69. The van der Waals surface area contributed by atoms with Gasteiger partial charge < -0.3 is 14.7 Å². The van der Waals surface area contributed by atoms with Gasteiger partial charge in [0.05, 0.1) is 24.0 Å². The zero-order valence-electron chi connectivity index (χ0n) is 14.9. The van der Waals surface area contributed by atoms with E-state index in [2.05, 4.69) is 27.0 Å². The lowest BCUT2D eigenvalue weighted by atomic mass is 9.81. The van der Waals surface area contributed by atoms with Gasteiger partial charge in [-0.25, -0.2) is 9.97 Å². The number of nitrogens with zero attached hydrogens (tertiary/aromatic N) is 3. The molecule has 2 saturated heterocycles. The van der Waals surface area contributed by atoms with E-state index >= 15 is 0 Å². The standard InChI is InChI=1S/C20H24ClN3O2/c1-14-22-13-17(21)19(23-14)24-9-7-20(8-10-24)12-16(25)11-18(26-20)15-5-3-2-4-6-15/h2-6,13,16,18,25H,7-12H2,1H3/t16-,18-/m1/s1. The molecular weight excluding hydrogens is 350 g/mol. The van der Waals surface area contributed by atoms with E-state index in [9.17, 15) is 5.11 Å². The number of hydrogen-bond donors (Lipinski definition) is 1. The van der Waals surface area contributed by atoms with Crippen LogP contribution in [0.15, 0.2) is 36.5 Å². The number of piperidine rings is 1. The molecule has 2 aliphatic heterocycles. The third-order valence-corrected chi connectivity index (χ3v) is 5.74. The van der Waals surface area contributed by atoms with Crippen LogP contribution in [0.3, 0.4) is 0 Å². The highest BCUT2D eigenvalue weighted by Gasteiger charge is 2.44. The fourth-order valence-electron chi connectivity index (χ4n) is 4.14. The van der Waals surface area contributed by atoms with Crippen molar-refractivity contribution in [1.29, 1.82) is 0 Å². The summed E-state index contributed by atoms with van der Waals surface area (Å²) in [6, 6.07) is 10.2. The van der Waals surface area contributed by atoms with Crippen LogP contribution < -0.4 is 4.90 Å². The lowest BCUT2D eigenvalue weighted by molar-refractivity contribution is -0.173. The Bertz CT molecular complexity index is 763. The summed E-state index contributed by atoms with van der Waals surface area (Å²) in [4.78, 5) is 10.8. The minimum Gasteiger partial charge on any atom is -0.393 e. The Morgan fingerprint density at radius 2 is 1.96 bits per heavy atom. The van der Waals surface area contributed by atoms with Crippen LogP contribution in [0.4, 0.5) is 5.82 Å². The summed E-state index contributed by atoms with van der Waals surface area (Å²) in [5.74, 6) is 1.52. The number of halogens is 1. The highest BCUT2D eigenvalue weighted by atomic mass is 35.5. The maximum Gasteiger partial charge on any atom is 0.151 e. The van der Waals surface area contributed by atoms with Gasteiger partial charge in [0.2, 0.25) is 0 Å². The van der Waals surface area contributed by atoms with E-state index in [0.717, 1.165) is 43.1 Å². The molecule has 1 aromatic heterocycles. The first-order chi connectivity index (χ1) is 12.5. The third kappa shape index (κ3) is 3.56. The lowest BCUT2D eigenvalue weighted by Crippen LogP contribution is -2.51. The number of ether oxygens (including phenoxy) is 1. The maximum atomic E-state index is 10.5. The Morgan fingerprint density at radius 3 is 2.69 bits per heavy atom. The molecule has 5 nitrogen and oxygen atoms in total. The molecule has 0 bridgehead atoms. The second-order valence-electron chi connectivity index (χ2n) is 7.37. The molecule has 4 rings (SSSR count). The van der Waals surface area contributed by atoms with Crippen molar-refractivity contribution >= 4 is 17.4 Å². The second kappa shape index (κ2) is 7.14. The molecule has 0 aliphatic carbocycles. The molecule has 1 aromatic carbocycles. The van der Waals surface area contributed by atoms with Crippen molar-refractivity contribution in [1.82, 2.24) is 9.97 Å². The van der Waals surface area contributed by atoms with Crippen molar-refractivity contribution in [2.75, 3.05) is 18.0 Å². The van der Waals surface area contributed by atoms with Gasteiger partial charge in [-0.05, 0) is 25.3 Å². The monoisotopic (exact) mass is 373 g/mol. The first-order valence-corrected chi connectivity index (χ1v) is 9.57.